The summed E-state index contributed by atoms with van der Waals surface area (Å²) in [5.41, 5.74) is 7.87. The van der Waals surface area contributed by atoms with Crippen molar-refractivity contribution in [3.05, 3.63) is 65.2 Å². The molecule has 6 nitrogen and oxygen atoms in total. The minimum Gasteiger partial charge on any atom is -0.326 e. The molecule has 29 heavy (non-hydrogen) atoms. The first-order chi connectivity index (χ1) is 14.0. The summed E-state index contributed by atoms with van der Waals surface area (Å²) in [6, 6.07) is 14.3. The smallest absolute Gasteiger partial charge is 0.269 e. The van der Waals surface area contributed by atoms with Crippen LogP contribution in [-0.2, 0) is 16.0 Å². The van der Waals surface area contributed by atoms with Gasteiger partial charge in [-0.2, -0.15) is 0 Å². The molecule has 1 saturated carbocycles. The number of hydrogen-bond donors (Lipinski definition) is 3. The number of hydrogen-bond acceptors (Lipinski definition) is 3. The molecule has 0 bridgehead atoms. The first kappa shape index (κ1) is 20.6. The molecule has 0 spiro atoms. The third kappa shape index (κ3) is 5.91. The highest BCUT2D eigenvalue weighted by molar-refractivity contribution is 5.97. The number of aryl methyl sites for hydroxylation is 1. The SMILES string of the molecule is Cc1ccccc1CC(=O)NNC(=O)c1ccc(NC(=O)C2CCCCC2)cc1. The standard InChI is InChI=1S/C23H27N3O3/c1-16-7-5-6-10-19(16)15-21(27)25-26-23(29)18-11-13-20(14-12-18)24-22(28)17-8-3-2-4-9-17/h5-7,10-14,17H,2-4,8-9,15H2,1H3,(H,24,28)(H,25,27)(H,26,29). The van der Waals surface area contributed by atoms with E-state index in [0.29, 0.717) is 11.3 Å². The van der Waals surface area contributed by atoms with Gasteiger partial charge in [-0.3, -0.25) is 25.2 Å². The van der Waals surface area contributed by atoms with E-state index >= 15 is 0 Å². The van der Waals surface area contributed by atoms with E-state index in [-0.39, 0.29) is 24.2 Å². The van der Waals surface area contributed by atoms with Crippen molar-refractivity contribution < 1.29 is 14.4 Å². The zero-order valence-electron chi connectivity index (χ0n) is 16.7. The summed E-state index contributed by atoms with van der Waals surface area (Å²) in [6.45, 7) is 1.94. The molecular formula is C23H27N3O3. The first-order valence-corrected chi connectivity index (χ1v) is 10.1. The third-order valence-electron chi connectivity index (χ3n) is 5.32. The molecule has 3 amide bonds. The second kappa shape index (κ2) is 9.87. The highest BCUT2D eigenvalue weighted by Gasteiger charge is 2.21. The number of anilines is 1. The van der Waals surface area contributed by atoms with Crippen molar-refractivity contribution in [1.29, 1.82) is 0 Å². The molecule has 0 unspecified atom stereocenters. The lowest BCUT2D eigenvalue weighted by Crippen LogP contribution is -2.42. The number of carbonyl (C=O) groups is 3. The van der Waals surface area contributed by atoms with E-state index in [1.807, 2.05) is 31.2 Å². The summed E-state index contributed by atoms with van der Waals surface area (Å²) < 4.78 is 0. The van der Waals surface area contributed by atoms with Gasteiger partial charge < -0.3 is 5.32 Å². The van der Waals surface area contributed by atoms with Gasteiger partial charge in [0.25, 0.3) is 5.91 Å². The summed E-state index contributed by atoms with van der Waals surface area (Å²) in [5.74, 6) is -0.571. The minimum absolute atomic E-state index is 0.0466. The Hall–Kier alpha value is -3.15. The van der Waals surface area contributed by atoms with Crippen LogP contribution in [0.25, 0.3) is 0 Å². The number of carbonyl (C=O) groups excluding carboxylic acids is 3. The monoisotopic (exact) mass is 393 g/mol. The van der Waals surface area contributed by atoms with Gasteiger partial charge in [-0.05, 0) is 55.2 Å². The predicted molar refractivity (Wildman–Crippen MR) is 112 cm³/mol. The van der Waals surface area contributed by atoms with E-state index in [1.54, 1.807) is 24.3 Å². The number of benzene rings is 2. The lowest BCUT2D eigenvalue weighted by atomic mass is 9.88. The molecule has 0 heterocycles. The van der Waals surface area contributed by atoms with Gasteiger partial charge in [0.2, 0.25) is 11.8 Å². The molecule has 0 aromatic heterocycles. The van der Waals surface area contributed by atoms with Gasteiger partial charge in [0.05, 0.1) is 6.42 Å². The molecule has 0 radical (unpaired) electrons. The van der Waals surface area contributed by atoms with Crippen LogP contribution in [0.2, 0.25) is 0 Å². The number of amides is 3. The Morgan fingerprint density at radius 3 is 2.28 bits per heavy atom. The highest BCUT2D eigenvalue weighted by Crippen LogP contribution is 2.25. The van der Waals surface area contributed by atoms with Crippen molar-refractivity contribution in [1.82, 2.24) is 10.9 Å². The van der Waals surface area contributed by atoms with E-state index in [1.165, 1.54) is 6.42 Å². The fourth-order valence-electron chi connectivity index (χ4n) is 3.54. The van der Waals surface area contributed by atoms with Gasteiger partial charge in [0, 0.05) is 17.2 Å². The molecular weight excluding hydrogens is 366 g/mol. The lowest BCUT2D eigenvalue weighted by Gasteiger charge is -2.20. The Bertz CT molecular complexity index is 871. The second-order valence-corrected chi connectivity index (χ2v) is 7.51. The Morgan fingerprint density at radius 2 is 1.59 bits per heavy atom. The van der Waals surface area contributed by atoms with E-state index in [2.05, 4.69) is 16.2 Å². The van der Waals surface area contributed by atoms with Crippen LogP contribution in [0.4, 0.5) is 5.69 Å². The molecule has 0 atom stereocenters. The van der Waals surface area contributed by atoms with Gasteiger partial charge in [-0.15, -0.1) is 0 Å². The summed E-state index contributed by atoms with van der Waals surface area (Å²) >= 11 is 0. The van der Waals surface area contributed by atoms with Crippen molar-refractivity contribution >= 4 is 23.4 Å². The zero-order valence-corrected chi connectivity index (χ0v) is 16.7. The maximum Gasteiger partial charge on any atom is 0.269 e. The lowest BCUT2D eigenvalue weighted by molar-refractivity contribution is -0.121. The van der Waals surface area contributed by atoms with Crippen LogP contribution in [-0.4, -0.2) is 17.7 Å². The summed E-state index contributed by atoms with van der Waals surface area (Å²) in [4.78, 5) is 36.6. The third-order valence-corrected chi connectivity index (χ3v) is 5.32. The molecule has 3 N–H and O–H groups in total. The average molecular weight is 393 g/mol. The number of hydrazine groups is 1. The van der Waals surface area contributed by atoms with Gasteiger partial charge in [-0.25, -0.2) is 0 Å². The molecule has 152 valence electrons. The maximum absolute atomic E-state index is 12.3. The van der Waals surface area contributed by atoms with Crippen molar-refractivity contribution in [3.63, 3.8) is 0 Å². The van der Waals surface area contributed by atoms with Gasteiger partial charge in [0.1, 0.15) is 0 Å². The maximum atomic E-state index is 12.3. The Morgan fingerprint density at radius 1 is 0.897 bits per heavy atom. The van der Waals surface area contributed by atoms with Crippen molar-refractivity contribution in [2.24, 2.45) is 5.92 Å². The predicted octanol–water partition coefficient (Wildman–Crippen LogP) is 3.52. The fourth-order valence-corrected chi connectivity index (χ4v) is 3.54. The van der Waals surface area contributed by atoms with E-state index < -0.39 is 5.91 Å². The molecule has 1 aliphatic carbocycles. The normalized spacial score (nSPS) is 14.1. The van der Waals surface area contributed by atoms with Crippen LogP contribution in [0.3, 0.4) is 0 Å². The Kier molecular flexibility index (Phi) is 7.00. The van der Waals surface area contributed by atoms with Crippen LogP contribution in [0.5, 0.6) is 0 Å². The summed E-state index contributed by atoms with van der Waals surface area (Å²) in [5, 5.41) is 2.92. The zero-order chi connectivity index (χ0) is 20.6. The van der Waals surface area contributed by atoms with Gasteiger partial charge >= 0.3 is 0 Å². The quantitative estimate of drug-likeness (QED) is 0.679. The van der Waals surface area contributed by atoms with E-state index in [4.69, 9.17) is 0 Å². The number of rotatable bonds is 5. The molecule has 0 aliphatic heterocycles. The Balaban J connectivity index is 1.47. The van der Waals surface area contributed by atoms with Crippen LogP contribution in [0, 0.1) is 12.8 Å². The molecule has 1 aliphatic rings. The fraction of sp³-hybridized carbons (Fsp3) is 0.348. The number of nitrogens with one attached hydrogen (secondary N) is 3. The first-order valence-electron chi connectivity index (χ1n) is 10.1. The summed E-state index contributed by atoms with van der Waals surface area (Å²) in [7, 11) is 0. The van der Waals surface area contributed by atoms with E-state index in [0.717, 1.165) is 36.8 Å². The molecule has 0 saturated heterocycles. The van der Waals surface area contributed by atoms with Crippen LogP contribution < -0.4 is 16.2 Å². The highest BCUT2D eigenvalue weighted by atomic mass is 16.2. The van der Waals surface area contributed by atoms with Crippen molar-refractivity contribution in [2.45, 2.75) is 45.4 Å². The molecule has 2 aromatic rings. The molecule has 2 aromatic carbocycles. The minimum atomic E-state index is -0.409. The van der Waals surface area contributed by atoms with E-state index in [9.17, 15) is 14.4 Å². The molecule has 1 fully saturated rings. The largest absolute Gasteiger partial charge is 0.326 e. The van der Waals surface area contributed by atoms with Gasteiger partial charge in [0.15, 0.2) is 0 Å². The van der Waals surface area contributed by atoms with Crippen molar-refractivity contribution in [3.8, 4) is 0 Å². The van der Waals surface area contributed by atoms with Gasteiger partial charge in [-0.1, -0.05) is 43.5 Å². The topological polar surface area (TPSA) is 87.3 Å². The Labute approximate surface area is 171 Å². The van der Waals surface area contributed by atoms with Crippen LogP contribution in [0.1, 0.15) is 53.6 Å². The molecule has 3 rings (SSSR count). The second-order valence-electron chi connectivity index (χ2n) is 7.51. The van der Waals surface area contributed by atoms with Crippen molar-refractivity contribution in [2.75, 3.05) is 5.32 Å². The van der Waals surface area contributed by atoms with Crippen LogP contribution >= 0.6 is 0 Å². The summed E-state index contributed by atoms with van der Waals surface area (Å²) in [6.07, 6.45) is 5.48. The average Bonchev–Trinajstić information content (AvgIpc) is 2.75. The van der Waals surface area contributed by atoms with Crippen LogP contribution in [0.15, 0.2) is 48.5 Å². The molecule has 6 heteroatoms.